The average molecular weight is 264 g/mol. The Morgan fingerprint density at radius 2 is 2.00 bits per heavy atom. The zero-order chi connectivity index (χ0) is 14.3. The van der Waals surface area contributed by atoms with Crippen molar-refractivity contribution in [3.63, 3.8) is 0 Å². The second-order valence-electron chi connectivity index (χ2n) is 6.63. The minimum atomic E-state index is -0.375. The van der Waals surface area contributed by atoms with Crippen LogP contribution in [-0.4, -0.2) is 18.9 Å². The first kappa shape index (κ1) is 14.3. The van der Waals surface area contributed by atoms with E-state index in [0.29, 0.717) is 17.8 Å². The Labute approximate surface area is 115 Å². The third-order valence-corrected chi connectivity index (χ3v) is 5.77. The normalized spacial score (nSPS) is 38.5. The molecule has 0 bridgehead atoms. The van der Waals surface area contributed by atoms with E-state index < -0.39 is 0 Å². The fraction of sp³-hybridized carbons (Fsp3) is 0.750. The molecule has 0 saturated heterocycles. The van der Waals surface area contributed by atoms with Crippen molar-refractivity contribution in [3.05, 3.63) is 12.2 Å². The smallest absolute Gasteiger partial charge is 0.333 e. The zero-order valence-corrected chi connectivity index (χ0v) is 12.3. The molecule has 106 valence electrons. The molecule has 2 rings (SSSR count). The van der Waals surface area contributed by atoms with E-state index >= 15 is 0 Å². The summed E-state index contributed by atoms with van der Waals surface area (Å²) in [6.45, 7) is 8.19. The number of carbonyl (C=O) groups excluding carboxylic acids is 2. The summed E-state index contributed by atoms with van der Waals surface area (Å²) in [5.41, 5.74) is 0.343. The van der Waals surface area contributed by atoms with E-state index in [0.717, 1.165) is 32.1 Å². The molecule has 0 unspecified atom stereocenters. The Morgan fingerprint density at radius 1 is 1.32 bits per heavy atom. The van der Waals surface area contributed by atoms with Crippen LogP contribution in [0.3, 0.4) is 0 Å². The quantitative estimate of drug-likeness (QED) is 0.568. The van der Waals surface area contributed by atoms with Crippen molar-refractivity contribution in [2.75, 3.05) is 7.11 Å². The van der Waals surface area contributed by atoms with E-state index in [1.54, 1.807) is 0 Å². The number of rotatable bonds is 2. The van der Waals surface area contributed by atoms with Crippen molar-refractivity contribution < 1.29 is 14.3 Å². The van der Waals surface area contributed by atoms with Crippen molar-refractivity contribution in [3.8, 4) is 0 Å². The van der Waals surface area contributed by atoms with Gasteiger partial charge in [0.05, 0.1) is 7.11 Å². The van der Waals surface area contributed by atoms with Crippen LogP contribution in [0.15, 0.2) is 12.2 Å². The van der Waals surface area contributed by atoms with E-state index in [-0.39, 0.29) is 22.7 Å². The average Bonchev–Trinajstić information content (AvgIpc) is 2.65. The number of Topliss-reactive ketones (excluding diaryl/α,β-unsaturated/α-hetero) is 1. The predicted octanol–water partition coefficient (Wildman–Crippen LogP) is 3.28. The molecule has 0 N–H and O–H groups in total. The lowest BCUT2D eigenvalue weighted by Gasteiger charge is -2.38. The number of carbonyl (C=O) groups is 2. The van der Waals surface area contributed by atoms with E-state index in [1.165, 1.54) is 7.11 Å². The maximum atomic E-state index is 12.7. The third kappa shape index (κ3) is 2.13. The monoisotopic (exact) mass is 264 g/mol. The Morgan fingerprint density at radius 3 is 2.63 bits per heavy atom. The Hall–Kier alpha value is -1.12. The van der Waals surface area contributed by atoms with Gasteiger partial charge in [-0.3, -0.25) is 4.79 Å². The fourth-order valence-electron chi connectivity index (χ4n) is 3.93. The summed E-state index contributed by atoms with van der Waals surface area (Å²) in [6.07, 6.45) is 5.55. The van der Waals surface area contributed by atoms with Gasteiger partial charge in [0.15, 0.2) is 0 Å². The van der Waals surface area contributed by atoms with Crippen molar-refractivity contribution in [1.82, 2.24) is 0 Å². The maximum absolute atomic E-state index is 12.7. The van der Waals surface area contributed by atoms with Gasteiger partial charge in [0.2, 0.25) is 0 Å². The summed E-state index contributed by atoms with van der Waals surface area (Å²) in [5, 5.41) is 0. The molecule has 3 nitrogen and oxygen atoms in total. The first-order chi connectivity index (χ1) is 8.84. The van der Waals surface area contributed by atoms with E-state index in [9.17, 15) is 9.59 Å². The summed E-state index contributed by atoms with van der Waals surface area (Å²) in [5.74, 6) is -0.112. The van der Waals surface area contributed by atoms with Crippen LogP contribution in [0.4, 0.5) is 0 Å². The summed E-state index contributed by atoms with van der Waals surface area (Å²) < 4.78 is 4.74. The van der Waals surface area contributed by atoms with Crippen molar-refractivity contribution >= 4 is 11.8 Å². The molecule has 19 heavy (non-hydrogen) atoms. The Bertz CT molecular complexity index is 426. The van der Waals surface area contributed by atoms with Crippen molar-refractivity contribution in [1.29, 1.82) is 0 Å². The lowest BCUT2D eigenvalue weighted by Crippen LogP contribution is -2.38. The topological polar surface area (TPSA) is 43.4 Å². The summed E-state index contributed by atoms with van der Waals surface area (Å²) in [4.78, 5) is 24.3. The molecule has 0 spiro atoms. The minimum Gasteiger partial charge on any atom is -0.466 e. The van der Waals surface area contributed by atoms with Gasteiger partial charge >= 0.3 is 5.97 Å². The predicted molar refractivity (Wildman–Crippen MR) is 73.6 cm³/mol. The highest BCUT2D eigenvalue weighted by Gasteiger charge is 2.54. The van der Waals surface area contributed by atoms with E-state index in [4.69, 9.17) is 4.74 Å². The molecule has 2 aliphatic carbocycles. The molecule has 0 aromatic carbocycles. The van der Waals surface area contributed by atoms with Gasteiger partial charge in [-0.25, -0.2) is 4.79 Å². The van der Waals surface area contributed by atoms with Gasteiger partial charge in [-0.1, -0.05) is 26.8 Å². The van der Waals surface area contributed by atoms with Crippen molar-refractivity contribution in [2.45, 2.75) is 52.4 Å². The van der Waals surface area contributed by atoms with Crippen LogP contribution in [0.5, 0.6) is 0 Å². The number of ketones is 1. The highest BCUT2D eigenvalue weighted by molar-refractivity contribution is 5.91. The SMILES string of the molecule is C=C(C(=O)OC)[C@@H]1CC[C@@]2(C)CCC[C@@]2(C)C(=O)C1. The molecule has 0 heterocycles. The van der Waals surface area contributed by atoms with Crippen LogP contribution in [-0.2, 0) is 14.3 Å². The van der Waals surface area contributed by atoms with Gasteiger partial charge in [-0.2, -0.15) is 0 Å². The number of hydrogen-bond acceptors (Lipinski definition) is 3. The standard InChI is InChI=1S/C16H24O3/c1-11(14(18)19-4)12-6-9-15(2)7-5-8-16(15,3)13(17)10-12/h12H,1,5-10H2,2-4H3/t12-,15-,16+/m1/s1. The first-order valence-electron chi connectivity index (χ1n) is 7.14. The molecule has 3 atom stereocenters. The van der Waals surface area contributed by atoms with Gasteiger partial charge in [0.25, 0.3) is 0 Å². The molecule has 2 saturated carbocycles. The highest BCUT2D eigenvalue weighted by Crippen LogP contribution is 2.58. The Kier molecular flexibility index (Phi) is 3.59. The Balaban J connectivity index is 2.23. The van der Waals surface area contributed by atoms with Gasteiger partial charge in [0.1, 0.15) is 5.78 Å². The zero-order valence-electron chi connectivity index (χ0n) is 12.3. The first-order valence-corrected chi connectivity index (χ1v) is 7.14. The summed E-state index contributed by atoms with van der Waals surface area (Å²) >= 11 is 0. The van der Waals surface area contributed by atoms with Crippen LogP contribution in [0, 0.1) is 16.7 Å². The second-order valence-corrected chi connectivity index (χ2v) is 6.63. The number of methoxy groups -OCH3 is 1. The number of fused-ring (bicyclic) bond motifs is 1. The van der Waals surface area contributed by atoms with E-state index in [2.05, 4.69) is 20.4 Å². The van der Waals surface area contributed by atoms with Gasteiger partial charge < -0.3 is 4.74 Å². The molecule has 0 amide bonds. The lowest BCUT2D eigenvalue weighted by atomic mass is 9.64. The molecule has 2 fully saturated rings. The fourth-order valence-corrected chi connectivity index (χ4v) is 3.93. The van der Waals surface area contributed by atoms with Crippen LogP contribution < -0.4 is 0 Å². The molecule has 0 radical (unpaired) electrons. The van der Waals surface area contributed by atoms with Crippen LogP contribution in [0.1, 0.15) is 52.4 Å². The molecule has 3 heteroatoms. The molecule has 0 aromatic rings. The molecule has 0 aliphatic heterocycles. The minimum absolute atomic E-state index is 0.0424. The van der Waals surface area contributed by atoms with Crippen LogP contribution >= 0.6 is 0 Å². The molecular formula is C16H24O3. The second kappa shape index (κ2) is 4.77. The van der Waals surface area contributed by atoms with Crippen molar-refractivity contribution in [2.24, 2.45) is 16.7 Å². The van der Waals surface area contributed by atoms with Gasteiger partial charge in [0, 0.05) is 17.4 Å². The lowest BCUT2D eigenvalue weighted by molar-refractivity contribution is -0.136. The summed E-state index contributed by atoms with van der Waals surface area (Å²) in [6, 6.07) is 0. The summed E-state index contributed by atoms with van der Waals surface area (Å²) in [7, 11) is 1.36. The molecule has 2 aliphatic rings. The largest absolute Gasteiger partial charge is 0.466 e. The number of ether oxygens (including phenoxy) is 1. The van der Waals surface area contributed by atoms with Crippen LogP contribution in [0.2, 0.25) is 0 Å². The molecular weight excluding hydrogens is 240 g/mol. The van der Waals surface area contributed by atoms with Gasteiger partial charge in [-0.15, -0.1) is 0 Å². The highest BCUT2D eigenvalue weighted by atomic mass is 16.5. The van der Waals surface area contributed by atoms with E-state index in [1.807, 2.05) is 0 Å². The number of esters is 1. The van der Waals surface area contributed by atoms with Crippen LogP contribution in [0.25, 0.3) is 0 Å². The maximum Gasteiger partial charge on any atom is 0.333 e. The van der Waals surface area contributed by atoms with Gasteiger partial charge in [-0.05, 0) is 37.0 Å². The third-order valence-electron chi connectivity index (χ3n) is 5.77. The number of hydrogen-bond donors (Lipinski definition) is 0. The molecule has 0 aromatic heterocycles.